The van der Waals surface area contributed by atoms with Gasteiger partial charge in [-0.3, -0.25) is 0 Å². The van der Waals surface area contributed by atoms with Crippen LogP contribution in [0.15, 0.2) is 87.3 Å². The highest BCUT2D eigenvalue weighted by Gasteiger charge is 2.49. The summed E-state index contributed by atoms with van der Waals surface area (Å²) in [7, 11) is 0. The van der Waals surface area contributed by atoms with E-state index in [1.54, 1.807) is 0 Å². The Balaban J connectivity index is 0.000000159. The lowest BCUT2D eigenvalue weighted by Gasteiger charge is -2.34. The van der Waals surface area contributed by atoms with Gasteiger partial charge in [0.15, 0.2) is 11.1 Å². The van der Waals surface area contributed by atoms with Crippen molar-refractivity contribution >= 4 is 33.7 Å². The Morgan fingerprint density at radius 3 is 1.50 bits per heavy atom. The molecule has 2 atom stereocenters. The Kier molecular flexibility index (Phi) is 9.54. The van der Waals surface area contributed by atoms with Gasteiger partial charge >= 0.3 is 0 Å². The summed E-state index contributed by atoms with van der Waals surface area (Å²) in [6, 6.07) is 24.4. The van der Waals surface area contributed by atoms with E-state index in [1.807, 2.05) is 60.7 Å². The Morgan fingerprint density at radius 1 is 0.625 bits per heavy atom. The van der Waals surface area contributed by atoms with Crippen molar-refractivity contribution in [2.75, 3.05) is 44.4 Å². The molecule has 4 N–H and O–H groups in total. The zero-order chi connectivity index (χ0) is 39.5. The number of benzene rings is 4. The Hall–Kier alpha value is -5.10. The minimum Gasteiger partial charge on any atom is -0.493 e. The number of aliphatic imine (C=N–C) groups is 2. The van der Waals surface area contributed by atoms with Crippen LogP contribution in [0.5, 0.6) is 34.5 Å². The fourth-order valence-electron chi connectivity index (χ4n) is 7.58. The van der Waals surface area contributed by atoms with Crippen molar-refractivity contribution < 1.29 is 28.4 Å². The molecule has 0 aromatic heterocycles. The summed E-state index contributed by atoms with van der Waals surface area (Å²) in [6.45, 7) is 17.0. The van der Waals surface area contributed by atoms with E-state index in [1.165, 1.54) is 18.5 Å². The van der Waals surface area contributed by atoms with E-state index in [4.69, 9.17) is 44.9 Å². The Bertz CT molecular complexity index is 2220. The number of halogens is 1. The molecule has 5 aliphatic rings. The number of hydrogen-bond acceptors (Lipinski definition) is 11. The lowest BCUT2D eigenvalue weighted by Crippen LogP contribution is -2.31. The highest BCUT2D eigenvalue weighted by Crippen LogP contribution is 2.54. The van der Waals surface area contributed by atoms with Crippen LogP contribution in [0, 0.1) is 10.8 Å². The number of nitrogens with zero attached hydrogens (tertiary/aromatic N) is 3. The van der Waals surface area contributed by atoms with Crippen molar-refractivity contribution in [2.45, 2.75) is 65.5 Å². The minimum atomic E-state index is -0.724. The number of anilines is 1. The monoisotopic (exact) mass is 823 g/mol. The first-order chi connectivity index (χ1) is 26.6. The van der Waals surface area contributed by atoms with E-state index >= 15 is 0 Å². The third-order valence-corrected chi connectivity index (χ3v) is 10.8. The number of hydrogen-bond donors (Lipinski definition) is 2. The fraction of sp³-hybridized carbons (Fsp3) is 0.409. The molecule has 294 valence electrons. The molecule has 9 rings (SSSR count). The largest absolute Gasteiger partial charge is 0.493 e. The van der Waals surface area contributed by atoms with Gasteiger partial charge in [-0.15, -0.1) is 0 Å². The van der Waals surface area contributed by atoms with E-state index in [9.17, 15) is 0 Å². The van der Waals surface area contributed by atoms with Gasteiger partial charge < -0.3 is 44.8 Å². The average Bonchev–Trinajstić information content (AvgIpc) is 3.92. The quantitative estimate of drug-likeness (QED) is 0.202. The van der Waals surface area contributed by atoms with Crippen LogP contribution in [-0.4, -0.2) is 51.6 Å². The zero-order valence-corrected chi connectivity index (χ0v) is 34.5. The summed E-state index contributed by atoms with van der Waals surface area (Å²) in [6.07, 6.45) is 2.45. The predicted octanol–water partition coefficient (Wildman–Crippen LogP) is 8.97. The van der Waals surface area contributed by atoms with Crippen molar-refractivity contribution in [3.8, 4) is 34.5 Å². The molecule has 56 heavy (non-hydrogen) atoms. The average molecular weight is 825 g/mol. The second-order valence-corrected chi connectivity index (χ2v) is 18.3. The van der Waals surface area contributed by atoms with Crippen molar-refractivity contribution in [1.29, 1.82) is 0 Å². The third kappa shape index (κ3) is 7.31. The molecule has 0 amide bonds. The predicted molar refractivity (Wildman–Crippen MR) is 222 cm³/mol. The molecule has 5 heterocycles. The number of rotatable bonds is 5. The maximum Gasteiger partial charge on any atom is 0.283 e. The van der Waals surface area contributed by atoms with E-state index in [-0.39, 0.29) is 22.9 Å². The van der Waals surface area contributed by atoms with Crippen LogP contribution in [0.3, 0.4) is 0 Å². The van der Waals surface area contributed by atoms with Crippen LogP contribution in [0.25, 0.3) is 0 Å². The van der Waals surface area contributed by atoms with E-state index in [2.05, 4.69) is 79.5 Å². The topological polar surface area (TPSA) is 135 Å². The summed E-state index contributed by atoms with van der Waals surface area (Å²) in [4.78, 5) is 11.9. The van der Waals surface area contributed by atoms with Crippen molar-refractivity contribution in [1.82, 2.24) is 0 Å². The Morgan fingerprint density at radius 2 is 1.05 bits per heavy atom. The summed E-state index contributed by atoms with van der Waals surface area (Å²) in [5.74, 6) is 4.64. The maximum atomic E-state index is 6.28. The first kappa shape index (κ1) is 37.8. The van der Waals surface area contributed by atoms with Gasteiger partial charge in [-0.1, -0.05) is 57.5 Å². The van der Waals surface area contributed by atoms with Gasteiger partial charge in [-0.2, -0.15) is 0 Å². The van der Waals surface area contributed by atoms with Crippen LogP contribution >= 0.6 is 15.9 Å². The molecule has 1 fully saturated rings. The third-order valence-electron chi connectivity index (χ3n) is 10.3. The molecular formula is C44H50BrN5O6. The van der Waals surface area contributed by atoms with Gasteiger partial charge in [0, 0.05) is 45.5 Å². The van der Waals surface area contributed by atoms with Crippen LogP contribution in [0.4, 0.5) is 5.69 Å². The normalized spacial score (nSPS) is 21.5. The van der Waals surface area contributed by atoms with E-state index in [0.717, 1.165) is 74.3 Å². The Labute approximate surface area is 337 Å². The molecule has 11 nitrogen and oxygen atoms in total. The van der Waals surface area contributed by atoms with Crippen LogP contribution < -0.4 is 35.3 Å². The van der Waals surface area contributed by atoms with Crippen LogP contribution in [-0.2, 0) is 20.6 Å². The minimum absolute atomic E-state index is 0.0698. The lowest BCUT2D eigenvalue weighted by atomic mass is 9.81. The molecule has 4 aromatic carbocycles. The summed E-state index contributed by atoms with van der Waals surface area (Å²) < 4.78 is 36.7. The molecule has 0 aliphatic carbocycles. The second kappa shape index (κ2) is 14.1. The SMILES string of the molecule is CC(C)(C)COc1ccc2c(c1)[C@]1(COC(N)=N1)c1cc(Br)ccc1O2.CC(C)(C)COc1ccc2c(c1)[C@]1(COC(N)=N1)c1cc(N3CCCC3)ccc1O2. The lowest BCUT2D eigenvalue weighted by molar-refractivity contribution is 0.197. The van der Waals surface area contributed by atoms with Gasteiger partial charge in [-0.25, -0.2) is 9.98 Å². The molecule has 0 unspecified atom stereocenters. The smallest absolute Gasteiger partial charge is 0.283 e. The van der Waals surface area contributed by atoms with Gasteiger partial charge in [0.2, 0.25) is 0 Å². The highest BCUT2D eigenvalue weighted by atomic mass is 79.9. The highest BCUT2D eigenvalue weighted by molar-refractivity contribution is 9.10. The molecule has 0 bridgehead atoms. The molecule has 4 aromatic rings. The molecule has 0 saturated carbocycles. The van der Waals surface area contributed by atoms with Crippen molar-refractivity contribution in [3.05, 3.63) is 99.5 Å². The first-order valence-corrected chi connectivity index (χ1v) is 20.0. The summed E-state index contributed by atoms with van der Waals surface area (Å²) in [5, 5.41) is 0. The van der Waals surface area contributed by atoms with Gasteiger partial charge in [0.05, 0.1) is 13.2 Å². The van der Waals surface area contributed by atoms with Gasteiger partial charge in [0.1, 0.15) is 47.7 Å². The summed E-state index contributed by atoms with van der Waals surface area (Å²) in [5.41, 5.74) is 15.5. The van der Waals surface area contributed by atoms with Gasteiger partial charge in [0.25, 0.3) is 12.0 Å². The molecular weight excluding hydrogens is 774 g/mol. The number of fused-ring (bicyclic) bond motifs is 8. The van der Waals surface area contributed by atoms with Crippen molar-refractivity contribution in [3.63, 3.8) is 0 Å². The second-order valence-electron chi connectivity index (χ2n) is 17.4. The van der Waals surface area contributed by atoms with Crippen LogP contribution in [0.1, 0.15) is 76.6 Å². The van der Waals surface area contributed by atoms with Crippen molar-refractivity contribution in [2.24, 2.45) is 32.3 Å². The number of ether oxygens (including phenoxy) is 6. The zero-order valence-electron chi connectivity index (χ0n) is 32.9. The fourth-order valence-corrected chi connectivity index (χ4v) is 7.94. The molecule has 2 spiro atoms. The molecule has 5 aliphatic heterocycles. The summed E-state index contributed by atoms with van der Waals surface area (Å²) >= 11 is 3.54. The molecule has 0 radical (unpaired) electrons. The van der Waals surface area contributed by atoms with Crippen LogP contribution in [0.2, 0.25) is 0 Å². The number of nitrogens with two attached hydrogens (primary N) is 2. The molecule has 1 saturated heterocycles. The van der Waals surface area contributed by atoms with E-state index < -0.39 is 11.1 Å². The van der Waals surface area contributed by atoms with E-state index in [0.29, 0.717) is 26.4 Å². The maximum absolute atomic E-state index is 6.28. The van der Waals surface area contributed by atoms with Gasteiger partial charge in [-0.05, 0) is 96.5 Å². The standard InChI is InChI=1S/C24H29N3O3.C20H21BrN2O3/c1-23(2,3)14-28-17-7-9-21-19(13-17)24(15-29-22(25)26-24)18-12-16(6-8-20(18)30-21)27-10-4-5-11-27;1-19(2,3)10-24-13-5-7-17-15(9-13)20(11-25-18(22)23-20)14-8-12(21)4-6-16(14)26-17/h6-9,12-13H,4-5,10-11,14-15H2,1-3H3,(H2,25,26);4-9H,10-11H2,1-3H3,(H2,22,23)/t24-;20-/m00/s1. The number of amidine groups is 2. The molecule has 12 heteroatoms. The first-order valence-electron chi connectivity index (χ1n) is 19.2.